The fourth-order valence-electron chi connectivity index (χ4n) is 0.740. The molecule has 0 rings (SSSR count). The van der Waals surface area contributed by atoms with Gasteiger partial charge < -0.3 is 86.4 Å². The van der Waals surface area contributed by atoms with Crippen LogP contribution in [-0.4, -0.2) is 221 Å². The third kappa shape index (κ3) is 45.9. The molecule has 0 amide bonds. The van der Waals surface area contributed by atoms with Crippen molar-refractivity contribution < 1.29 is 86.4 Å². The van der Waals surface area contributed by atoms with Crippen molar-refractivity contribution in [3.8, 4) is 0 Å². The molecule has 0 aliphatic heterocycles. The van der Waals surface area contributed by atoms with E-state index < -0.39 is 0 Å². The summed E-state index contributed by atoms with van der Waals surface area (Å²) in [5, 5.41) is 0. The molecule has 0 saturated heterocycles. The van der Waals surface area contributed by atoms with Crippen LogP contribution in [-0.2, 0) is 86.4 Å². The van der Waals surface area contributed by atoms with Gasteiger partial charge >= 0.3 is 200 Å². The highest BCUT2D eigenvalue weighted by atomic mass is 28.4. The zero-order valence-corrected chi connectivity index (χ0v) is 41.6. The van der Waals surface area contributed by atoms with Crippen LogP contribution in [0.5, 0.6) is 0 Å². The molecule has 0 aromatic rings. The summed E-state index contributed by atoms with van der Waals surface area (Å²) in [5.41, 5.74) is 0. The first-order valence-corrected chi connectivity index (χ1v) is 25.7. The Hall–Kier alpha value is 3.93. The fourth-order valence-corrected chi connectivity index (χ4v) is 14.2. The molecule has 0 aliphatic carbocycles. The highest BCUT2D eigenvalue weighted by molar-refractivity contribution is 6.52. The van der Waals surface area contributed by atoms with Gasteiger partial charge in [-0.1, -0.05) is 0 Å². The van der Waals surface area contributed by atoms with Gasteiger partial charge in [-0.2, -0.15) is 0 Å². The van der Waals surface area contributed by atoms with Crippen LogP contribution in [0, 0.1) is 0 Å². The predicted octanol–water partition coefficient (Wildman–Crippen LogP) is -9.81. The Balaban J connectivity index is 3.02. The van der Waals surface area contributed by atoms with Crippen molar-refractivity contribution in [2.45, 2.75) is 0 Å². The Kier molecular flexibility index (Phi) is 50.1. The Bertz CT molecular complexity index is 442. The standard InChI is InChI=1S/O21Si22/c22-1-24-3-26-5-28-7-30-9-32-11-34-13-36-15-38-17-40-19-42-21-43-20-41-18-39-16-37-14-35-12-33-10-31-8-29-6-27-4-25-2-23. The fraction of sp³-hybridized carbons (Fsp3) is 0. The second-order valence-corrected chi connectivity index (χ2v) is 24.3. The third-order valence-electron chi connectivity index (χ3n) is 1.67. The van der Waals surface area contributed by atoms with Crippen LogP contribution in [0.15, 0.2) is 0 Å². The molecule has 43 heavy (non-hydrogen) atoms. The van der Waals surface area contributed by atoms with Gasteiger partial charge in [0.05, 0.1) is 0 Å². The van der Waals surface area contributed by atoms with Gasteiger partial charge in [0.25, 0.3) is 0 Å². The average molecular weight is 954 g/mol. The summed E-state index contributed by atoms with van der Waals surface area (Å²) in [6.45, 7) is 0. The molecule has 0 unspecified atom stereocenters. The lowest BCUT2D eigenvalue weighted by molar-refractivity contribution is 0.355. The molecule has 0 bridgehead atoms. The van der Waals surface area contributed by atoms with Crippen LogP contribution in [0.2, 0.25) is 0 Å². The van der Waals surface area contributed by atoms with E-state index in [2.05, 4.69) is 29.2 Å². The quantitative estimate of drug-likeness (QED) is 0.0415. The summed E-state index contributed by atoms with van der Waals surface area (Å²) in [4.78, 5) is 0. The highest BCUT2D eigenvalue weighted by Crippen LogP contribution is 1.81. The average Bonchev–Trinajstić information content (AvgIpc) is 3.02. The molecular formula is O21Si22. The maximum Gasteiger partial charge on any atom is 0.412 e. The molecule has 0 atom stereocenters. The van der Waals surface area contributed by atoms with Gasteiger partial charge in [-0.05, 0) is 0 Å². The predicted molar refractivity (Wildman–Crippen MR) is 149 cm³/mol. The zero-order valence-electron chi connectivity index (χ0n) is 19.6. The highest BCUT2D eigenvalue weighted by Gasteiger charge is 2.07. The second kappa shape index (κ2) is 45.9. The summed E-state index contributed by atoms with van der Waals surface area (Å²) in [7, 11) is 1.17. The minimum Gasteiger partial charge on any atom is -0.435 e. The lowest BCUT2D eigenvalue weighted by Crippen LogP contribution is -2.22. The van der Waals surface area contributed by atoms with Gasteiger partial charge in [0, 0.05) is 0 Å². The van der Waals surface area contributed by atoms with Crippen LogP contribution in [0.1, 0.15) is 0 Å². The SMILES string of the molecule is [Si]O[Si]O[Si]O[Si]O[Si]O[Si]O[Si]O[Si]O[Si]O[Si]O[Si]O[Si]O[Si]O[Si]O[Si]O[Si]O[Si]O[Si]O[Si]O[Si]O[Si]O[Si]. The normalized spacial score (nSPS) is 11.6. The largest absolute Gasteiger partial charge is 0.435 e. The van der Waals surface area contributed by atoms with Gasteiger partial charge in [-0.25, -0.2) is 0 Å². The van der Waals surface area contributed by atoms with Gasteiger partial charge in [-0.3, -0.25) is 0 Å². The third-order valence-corrected chi connectivity index (χ3v) is 15.0. The van der Waals surface area contributed by atoms with Gasteiger partial charge in [0.2, 0.25) is 21.0 Å². The molecule has 0 N–H and O–H groups in total. The molecular weight excluding hydrogens is 954 g/mol. The van der Waals surface area contributed by atoms with Crippen molar-refractivity contribution in [1.82, 2.24) is 0 Å². The second-order valence-electron chi connectivity index (χ2n) is 3.81. The van der Waals surface area contributed by atoms with Crippen molar-refractivity contribution >= 4 is 221 Å². The summed E-state index contributed by atoms with van der Waals surface area (Å²) < 4.78 is 106. The zero-order chi connectivity index (χ0) is 31.0. The number of rotatable bonds is 40. The van der Waals surface area contributed by atoms with Crippen molar-refractivity contribution in [3.63, 3.8) is 0 Å². The van der Waals surface area contributed by atoms with E-state index in [1.165, 1.54) is 0 Å². The van der Waals surface area contributed by atoms with Crippen LogP contribution in [0.25, 0.3) is 0 Å². The van der Waals surface area contributed by atoms with E-state index in [1.807, 2.05) is 0 Å². The molecule has 0 heterocycles. The van der Waals surface area contributed by atoms with Crippen LogP contribution in [0.3, 0.4) is 0 Å². The maximum atomic E-state index is 5.14. The van der Waals surface area contributed by atoms with E-state index in [0.29, 0.717) is 0 Å². The smallest absolute Gasteiger partial charge is 0.412 e. The molecule has 43 heteroatoms. The van der Waals surface area contributed by atoms with E-state index in [1.54, 1.807) is 0 Å². The number of hydrogen-bond donors (Lipinski definition) is 0. The Morgan fingerprint density at radius 1 is 0.163 bits per heavy atom. The van der Waals surface area contributed by atoms with Gasteiger partial charge in [0.15, 0.2) is 0 Å². The van der Waals surface area contributed by atoms with Crippen molar-refractivity contribution in [3.05, 3.63) is 0 Å². The molecule has 21 nitrogen and oxygen atoms in total. The Morgan fingerprint density at radius 3 is 0.349 bits per heavy atom. The van der Waals surface area contributed by atoms with E-state index in [9.17, 15) is 0 Å². The molecule has 0 aromatic carbocycles. The lowest BCUT2D eigenvalue weighted by atomic mass is 15.7. The minimum absolute atomic E-state index is 0.136. The first-order valence-electron chi connectivity index (χ1n) is 8.57. The summed E-state index contributed by atoms with van der Waals surface area (Å²) in [6, 6.07) is 0. The van der Waals surface area contributed by atoms with Crippen LogP contribution >= 0.6 is 0 Å². The van der Waals surface area contributed by atoms with E-state index in [4.69, 9.17) is 78.2 Å². The number of hydrogen-bond acceptors (Lipinski definition) is 21. The molecule has 0 saturated carbocycles. The summed E-state index contributed by atoms with van der Waals surface area (Å²) in [6.07, 6.45) is 0. The maximum absolute atomic E-state index is 5.14. The first-order chi connectivity index (χ1) is 21.4. The molecule has 0 fully saturated rings. The first kappa shape index (κ1) is 46.9. The van der Waals surface area contributed by atoms with Crippen molar-refractivity contribution in [2.24, 2.45) is 0 Å². The topological polar surface area (TPSA) is 194 Å². The summed E-state index contributed by atoms with van der Waals surface area (Å²) >= 11 is 0. The van der Waals surface area contributed by atoms with Crippen molar-refractivity contribution in [2.75, 3.05) is 0 Å². The molecule has 214 valence electrons. The van der Waals surface area contributed by atoms with E-state index >= 15 is 0 Å². The lowest BCUT2D eigenvalue weighted by Gasteiger charge is -2.04. The minimum atomic E-state index is -0.257. The van der Waals surface area contributed by atoms with E-state index in [0.717, 1.165) is 0 Å². The Morgan fingerprint density at radius 2 is 0.256 bits per heavy atom. The molecule has 0 aromatic heterocycles. The monoisotopic (exact) mass is 951 g/mol. The van der Waals surface area contributed by atoms with E-state index in [-0.39, 0.29) is 200 Å². The van der Waals surface area contributed by atoms with Crippen molar-refractivity contribution in [1.29, 1.82) is 0 Å². The van der Waals surface area contributed by atoms with Crippen LogP contribution < -0.4 is 0 Å². The van der Waals surface area contributed by atoms with Gasteiger partial charge in [0.1, 0.15) is 0 Å². The van der Waals surface area contributed by atoms with Gasteiger partial charge in [-0.15, -0.1) is 0 Å². The van der Waals surface area contributed by atoms with Crippen LogP contribution in [0.4, 0.5) is 0 Å². The molecule has 46 radical (unpaired) electrons. The summed E-state index contributed by atoms with van der Waals surface area (Å²) in [5.74, 6) is 0. The molecule has 0 aliphatic rings. The Labute approximate surface area is 305 Å². The molecule has 0 spiro atoms.